The third kappa shape index (κ3) is 9.68. The normalized spacial score (nSPS) is 19.3. The number of halogens is 1. The van der Waals surface area contributed by atoms with Gasteiger partial charge in [0.05, 0.1) is 19.4 Å². The van der Waals surface area contributed by atoms with E-state index in [4.69, 9.17) is 4.74 Å². The molecule has 0 saturated carbocycles. The van der Waals surface area contributed by atoms with Crippen LogP contribution in [0.2, 0.25) is 0 Å². The van der Waals surface area contributed by atoms with E-state index in [0.29, 0.717) is 38.3 Å². The van der Waals surface area contributed by atoms with Gasteiger partial charge in [-0.1, -0.05) is 12.1 Å². The summed E-state index contributed by atoms with van der Waals surface area (Å²) in [5.41, 5.74) is 1.06. The molecule has 2 heterocycles. The van der Waals surface area contributed by atoms with Crippen LogP contribution in [0.15, 0.2) is 24.3 Å². The molecule has 2 aliphatic rings. The van der Waals surface area contributed by atoms with Gasteiger partial charge in [-0.25, -0.2) is 0 Å². The minimum Gasteiger partial charge on any atom is -0.497 e. The summed E-state index contributed by atoms with van der Waals surface area (Å²) in [6.45, 7) is 3.18. The van der Waals surface area contributed by atoms with Crippen LogP contribution in [0.3, 0.4) is 0 Å². The third-order valence-corrected chi connectivity index (χ3v) is 7.08. The maximum absolute atomic E-state index is 13.0. The monoisotopic (exact) mass is 509 g/mol. The van der Waals surface area contributed by atoms with E-state index in [1.165, 1.54) is 0 Å². The SMILES string of the molecule is COc1ccc(CCC(CC(=O)O)NC(=O)[C@@H]2CCCN(C(=O)CCC3CCNCC3)C2)cc1.Cl. The molecule has 2 aliphatic heterocycles. The maximum Gasteiger partial charge on any atom is 0.305 e. The first-order valence-electron chi connectivity index (χ1n) is 12.6. The predicted molar refractivity (Wildman–Crippen MR) is 137 cm³/mol. The van der Waals surface area contributed by atoms with Crippen LogP contribution in [0.25, 0.3) is 0 Å². The average molecular weight is 510 g/mol. The summed E-state index contributed by atoms with van der Waals surface area (Å²) in [5, 5.41) is 15.6. The number of carbonyl (C=O) groups is 3. The van der Waals surface area contributed by atoms with Gasteiger partial charge >= 0.3 is 5.97 Å². The van der Waals surface area contributed by atoms with Crippen LogP contribution in [-0.2, 0) is 20.8 Å². The zero-order chi connectivity index (χ0) is 24.3. The number of amides is 2. The lowest BCUT2D eigenvalue weighted by Gasteiger charge is -2.33. The van der Waals surface area contributed by atoms with Crippen LogP contribution < -0.4 is 15.4 Å². The summed E-state index contributed by atoms with van der Waals surface area (Å²) in [6.07, 6.45) is 6.31. The van der Waals surface area contributed by atoms with Crippen LogP contribution in [0.1, 0.15) is 56.9 Å². The first-order valence-corrected chi connectivity index (χ1v) is 12.6. The molecule has 3 rings (SSSR count). The second-order valence-electron chi connectivity index (χ2n) is 9.60. The van der Waals surface area contributed by atoms with E-state index in [9.17, 15) is 19.5 Å². The van der Waals surface area contributed by atoms with Crippen molar-refractivity contribution >= 4 is 30.2 Å². The number of carbonyl (C=O) groups excluding carboxylic acids is 2. The fraction of sp³-hybridized carbons (Fsp3) is 0.654. The van der Waals surface area contributed by atoms with Crippen molar-refractivity contribution in [1.29, 1.82) is 0 Å². The summed E-state index contributed by atoms with van der Waals surface area (Å²) in [7, 11) is 1.61. The molecule has 8 nitrogen and oxygen atoms in total. The van der Waals surface area contributed by atoms with Crippen molar-refractivity contribution < 1.29 is 24.2 Å². The van der Waals surface area contributed by atoms with Crippen molar-refractivity contribution in [2.24, 2.45) is 11.8 Å². The lowest BCUT2D eigenvalue weighted by Crippen LogP contribution is -2.48. The Morgan fingerprint density at radius 3 is 2.54 bits per heavy atom. The lowest BCUT2D eigenvalue weighted by molar-refractivity contribution is -0.138. The topological polar surface area (TPSA) is 108 Å². The number of aliphatic carboxylic acids is 1. The molecule has 9 heteroatoms. The van der Waals surface area contributed by atoms with Crippen LogP contribution in [0, 0.1) is 11.8 Å². The molecule has 1 aromatic carbocycles. The number of hydrogen-bond donors (Lipinski definition) is 3. The summed E-state index contributed by atoms with van der Waals surface area (Å²) >= 11 is 0. The molecule has 1 aromatic rings. The molecule has 2 amide bonds. The maximum atomic E-state index is 13.0. The van der Waals surface area contributed by atoms with Crippen LogP contribution in [-0.4, -0.2) is 67.1 Å². The molecule has 0 spiro atoms. The summed E-state index contributed by atoms with van der Waals surface area (Å²) < 4.78 is 5.17. The van der Waals surface area contributed by atoms with E-state index in [0.717, 1.165) is 56.5 Å². The number of rotatable bonds is 11. The zero-order valence-corrected chi connectivity index (χ0v) is 21.5. The molecular weight excluding hydrogens is 470 g/mol. The highest BCUT2D eigenvalue weighted by Crippen LogP contribution is 2.22. The van der Waals surface area contributed by atoms with E-state index < -0.39 is 12.0 Å². The molecule has 1 unspecified atom stereocenters. The van der Waals surface area contributed by atoms with Gasteiger partial charge in [-0.3, -0.25) is 14.4 Å². The highest BCUT2D eigenvalue weighted by atomic mass is 35.5. The Balaban J connectivity index is 0.00000432. The second kappa shape index (κ2) is 14.9. The van der Waals surface area contributed by atoms with Crippen molar-refractivity contribution in [3.63, 3.8) is 0 Å². The Morgan fingerprint density at radius 2 is 1.89 bits per heavy atom. The third-order valence-electron chi connectivity index (χ3n) is 7.08. The Labute approximate surface area is 214 Å². The number of carboxylic acids is 1. The number of piperidine rings is 2. The van der Waals surface area contributed by atoms with Gasteiger partial charge in [-0.15, -0.1) is 12.4 Å². The van der Waals surface area contributed by atoms with Gasteiger partial charge in [-0.05, 0) is 81.6 Å². The Hall–Kier alpha value is -2.32. The quantitative estimate of drug-likeness (QED) is 0.423. The average Bonchev–Trinajstić information content (AvgIpc) is 2.86. The Bertz CT molecular complexity index is 814. The Kier molecular flexibility index (Phi) is 12.3. The molecule has 3 N–H and O–H groups in total. The van der Waals surface area contributed by atoms with Crippen molar-refractivity contribution in [1.82, 2.24) is 15.5 Å². The smallest absolute Gasteiger partial charge is 0.305 e. The number of ether oxygens (including phenoxy) is 1. The van der Waals surface area contributed by atoms with Crippen LogP contribution in [0.5, 0.6) is 5.75 Å². The number of benzene rings is 1. The first kappa shape index (κ1) is 28.9. The number of carboxylic acid groups (broad SMARTS) is 1. The number of nitrogens with zero attached hydrogens (tertiary/aromatic N) is 1. The fourth-order valence-electron chi connectivity index (χ4n) is 4.96. The summed E-state index contributed by atoms with van der Waals surface area (Å²) in [5.74, 6) is 0.157. The van der Waals surface area contributed by atoms with Crippen molar-refractivity contribution in [2.75, 3.05) is 33.3 Å². The Morgan fingerprint density at radius 1 is 1.17 bits per heavy atom. The van der Waals surface area contributed by atoms with Gasteiger partial charge in [-0.2, -0.15) is 0 Å². The number of nitrogens with one attached hydrogen (secondary N) is 2. The molecule has 0 radical (unpaired) electrons. The van der Waals surface area contributed by atoms with Gasteiger partial charge in [0.15, 0.2) is 0 Å². The summed E-state index contributed by atoms with van der Waals surface area (Å²) in [6, 6.07) is 7.20. The standard InChI is InChI=1S/C26H39N3O5.ClH/c1-34-23-9-5-19(6-10-23)4-8-22(17-25(31)32)28-26(33)21-3-2-16-29(18-21)24(30)11-7-20-12-14-27-15-13-20;/h5-6,9-10,20-22,27H,2-4,7-8,11-18H2,1H3,(H,28,33)(H,31,32);1H/t21-,22?;/m1./s1. The summed E-state index contributed by atoms with van der Waals surface area (Å²) in [4.78, 5) is 39.0. The molecule has 0 aromatic heterocycles. The van der Waals surface area contributed by atoms with Crippen molar-refractivity contribution in [2.45, 2.75) is 63.8 Å². The number of methoxy groups -OCH3 is 1. The molecule has 0 aliphatic carbocycles. The molecule has 35 heavy (non-hydrogen) atoms. The van der Waals surface area contributed by atoms with Gasteiger partial charge < -0.3 is 25.4 Å². The van der Waals surface area contributed by atoms with Gasteiger partial charge in [0, 0.05) is 25.6 Å². The lowest BCUT2D eigenvalue weighted by atomic mass is 9.92. The van der Waals surface area contributed by atoms with Crippen molar-refractivity contribution in [3.8, 4) is 5.75 Å². The van der Waals surface area contributed by atoms with Crippen LogP contribution >= 0.6 is 12.4 Å². The molecule has 0 bridgehead atoms. The number of likely N-dealkylation sites (tertiary alicyclic amines) is 1. The molecule has 196 valence electrons. The van der Waals surface area contributed by atoms with E-state index in [2.05, 4.69) is 10.6 Å². The van der Waals surface area contributed by atoms with Gasteiger partial charge in [0.2, 0.25) is 11.8 Å². The largest absolute Gasteiger partial charge is 0.497 e. The molecule has 2 saturated heterocycles. The number of aryl methyl sites for hydroxylation is 1. The predicted octanol–water partition coefficient (Wildman–Crippen LogP) is 3.03. The van der Waals surface area contributed by atoms with E-state index in [1.54, 1.807) is 7.11 Å². The van der Waals surface area contributed by atoms with Gasteiger partial charge in [0.1, 0.15) is 5.75 Å². The van der Waals surface area contributed by atoms with E-state index in [-0.39, 0.29) is 36.6 Å². The zero-order valence-electron chi connectivity index (χ0n) is 20.7. The fourth-order valence-corrected chi connectivity index (χ4v) is 4.96. The minimum absolute atomic E-state index is 0. The molecule has 2 atom stereocenters. The van der Waals surface area contributed by atoms with E-state index >= 15 is 0 Å². The second-order valence-corrected chi connectivity index (χ2v) is 9.60. The highest BCUT2D eigenvalue weighted by molar-refractivity contribution is 5.85. The minimum atomic E-state index is -0.932. The molecule has 2 fully saturated rings. The first-order chi connectivity index (χ1) is 16.4. The highest BCUT2D eigenvalue weighted by Gasteiger charge is 2.30. The van der Waals surface area contributed by atoms with E-state index in [1.807, 2.05) is 29.2 Å². The van der Waals surface area contributed by atoms with Crippen molar-refractivity contribution in [3.05, 3.63) is 29.8 Å². The van der Waals surface area contributed by atoms with Crippen LogP contribution in [0.4, 0.5) is 0 Å². The van der Waals surface area contributed by atoms with Gasteiger partial charge in [0.25, 0.3) is 0 Å². The molecular formula is C26H40ClN3O5. The number of hydrogen-bond acceptors (Lipinski definition) is 5.